The predicted molar refractivity (Wildman–Crippen MR) is 80.2 cm³/mol. The number of nitrogens with zero attached hydrogens (tertiary/aromatic N) is 2. The first-order valence-electron chi connectivity index (χ1n) is 7.02. The van der Waals surface area contributed by atoms with E-state index in [1.54, 1.807) is 19.2 Å². The molecule has 112 valence electrons. The van der Waals surface area contributed by atoms with Crippen molar-refractivity contribution < 1.29 is 9.34 Å². The molecule has 0 unspecified atom stereocenters. The van der Waals surface area contributed by atoms with Crippen LogP contribution in [0.2, 0.25) is 0 Å². The lowest BCUT2D eigenvalue weighted by atomic mass is 10.1. The van der Waals surface area contributed by atoms with Gasteiger partial charge in [-0.3, -0.25) is 10.1 Å². The molecule has 2 rings (SSSR count). The molecule has 0 amide bonds. The van der Waals surface area contributed by atoms with Gasteiger partial charge >= 0.3 is 0 Å². The van der Waals surface area contributed by atoms with Gasteiger partial charge in [0.2, 0.25) is 0 Å². The smallest absolute Gasteiger partial charge is 0.273 e. The van der Waals surface area contributed by atoms with Crippen LogP contribution in [-0.2, 0) is 6.42 Å². The summed E-state index contributed by atoms with van der Waals surface area (Å²) in [4.78, 5) is 14.8. The van der Waals surface area contributed by atoms with Crippen molar-refractivity contribution >= 4 is 5.69 Å². The maximum Gasteiger partial charge on any atom is 0.273 e. The number of aromatic nitrogens is 1. The van der Waals surface area contributed by atoms with Gasteiger partial charge in [0.1, 0.15) is 0 Å². The summed E-state index contributed by atoms with van der Waals surface area (Å²) < 4.78 is 5.66. The summed E-state index contributed by atoms with van der Waals surface area (Å²) in [6.45, 7) is 5.65. The van der Waals surface area contributed by atoms with Crippen molar-refractivity contribution in [2.45, 2.75) is 26.7 Å². The van der Waals surface area contributed by atoms with Crippen LogP contribution in [0.25, 0.3) is 11.3 Å². The minimum absolute atomic E-state index is 0.0950. The molecule has 0 atom stereocenters. The second kappa shape index (κ2) is 6.99. The highest BCUT2D eigenvalue weighted by Gasteiger charge is 2.14. The van der Waals surface area contributed by atoms with Gasteiger partial charge in [0, 0.05) is 23.6 Å². The summed E-state index contributed by atoms with van der Waals surface area (Å²) in [5, 5.41) is 14.2. The maximum absolute atomic E-state index is 11.0. The molecule has 21 heavy (non-hydrogen) atoms. The number of hydrogen-bond donors (Lipinski definition) is 1. The van der Waals surface area contributed by atoms with Crippen molar-refractivity contribution in [2.75, 3.05) is 13.1 Å². The highest BCUT2D eigenvalue weighted by molar-refractivity contribution is 5.62. The molecule has 1 N–H and O–H groups in total. The molecule has 1 aromatic heterocycles. The number of hydrogen-bond acceptors (Lipinski definition) is 5. The molecule has 0 saturated heterocycles. The van der Waals surface area contributed by atoms with Crippen LogP contribution in [0, 0.1) is 17.0 Å². The van der Waals surface area contributed by atoms with Gasteiger partial charge < -0.3 is 9.73 Å². The van der Waals surface area contributed by atoms with Crippen LogP contribution in [0.5, 0.6) is 0 Å². The normalized spacial score (nSPS) is 10.8. The Hall–Kier alpha value is -2.21. The third-order valence-corrected chi connectivity index (χ3v) is 3.24. The van der Waals surface area contributed by atoms with Crippen molar-refractivity contribution in [2.24, 2.45) is 0 Å². The lowest BCUT2D eigenvalue weighted by molar-refractivity contribution is -0.385. The molecule has 1 heterocycles. The molecule has 0 saturated carbocycles. The molecule has 0 aliphatic carbocycles. The summed E-state index contributed by atoms with van der Waals surface area (Å²) in [7, 11) is 0. The van der Waals surface area contributed by atoms with Crippen molar-refractivity contribution in [1.82, 2.24) is 10.3 Å². The SMILES string of the molecule is CCNCCCc1ncc(-c2ccc(C)c([N+](=O)[O-])c2)o1. The van der Waals surface area contributed by atoms with Crippen LogP contribution in [0.15, 0.2) is 28.8 Å². The highest BCUT2D eigenvalue weighted by atomic mass is 16.6. The first kappa shape index (κ1) is 15.2. The fourth-order valence-electron chi connectivity index (χ4n) is 2.06. The first-order valence-corrected chi connectivity index (χ1v) is 7.02. The van der Waals surface area contributed by atoms with Gasteiger partial charge in [-0.05, 0) is 26.4 Å². The van der Waals surface area contributed by atoms with Crippen molar-refractivity contribution in [1.29, 1.82) is 0 Å². The van der Waals surface area contributed by atoms with Crippen LogP contribution in [0.1, 0.15) is 24.8 Å². The Bertz CT molecular complexity index is 622. The molecule has 6 heteroatoms. The van der Waals surface area contributed by atoms with E-state index in [1.165, 1.54) is 6.07 Å². The average Bonchev–Trinajstić information content (AvgIpc) is 2.92. The van der Waals surface area contributed by atoms with Gasteiger partial charge in [0.15, 0.2) is 11.7 Å². The minimum atomic E-state index is -0.382. The summed E-state index contributed by atoms with van der Waals surface area (Å²) in [6.07, 6.45) is 3.32. The van der Waals surface area contributed by atoms with Gasteiger partial charge in [-0.25, -0.2) is 4.98 Å². The number of aryl methyl sites for hydroxylation is 2. The molecule has 0 aliphatic rings. The lowest BCUT2D eigenvalue weighted by Crippen LogP contribution is -2.14. The molecule has 0 fully saturated rings. The zero-order valence-electron chi connectivity index (χ0n) is 12.3. The third kappa shape index (κ3) is 3.88. The second-order valence-corrected chi connectivity index (χ2v) is 4.83. The quantitative estimate of drug-likeness (QED) is 0.481. The number of oxazole rings is 1. The molecule has 0 spiro atoms. The fraction of sp³-hybridized carbons (Fsp3) is 0.400. The Kier molecular flexibility index (Phi) is 5.05. The van der Waals surface area contributed by atoms with Crippen molar-refractivity contribution in [3.8, 4) is 11.3 Å². The van der Waals surface area contributed by atoms with Crippen molar-refractivity contribution in [3.63, 3.8) is 0 Å². The van der Waals surface area contributed by atoms with E-state index in [4.69, 9.17) is 4.42 Å². The van der Waals surface area contributed by atoms with E-state index in [2.05, 4.69) is 17.2 Å². The van der Waals surface area contributed by atoms with Gasteiger partial charge in [-0.2, -0.15) is 0 Å². The van der Waals surface area contributed by atoms with E-state index >= 15 is 0 Å². The molecule has 0 aliphatic heterocycles. The highest BCUT2D eigenvalue weighted by Crippen LogP contribution is 2.27. The molecule has 6 nitrogen and oxygen atoms in total. The zero-order chi connectivity index (χ0) is 15.2. The Morgan fingerprint density at radius 2 is 2.24 bits per heavy atom. The van der Waals surface area contributed by atoms with E-state index < -0.39 is 0 Å². The first-order chi connectivity index (χ1) is 10.1. The van der Waals surface area contributed by atoms with E-state index in [9.17, 15) is 10.1 Å². The number of benzene rings is 1. The standard InChI is InChI=1S/C15H19N3O3/c1-3-16-8-4-5-15-17-10-14(21-15)12-7-6-11(2)13(9-12)18(19)20/h6-7,9-10,16H,3-5,8H2,1-2H3. The lowest BCUT2D eigenvalue weighted by Gasteiger charge is -2.00. The monoisotopic (exact) mass is 289 g/mol. The van der Waals surface area contributed by atoms with Crippen LogP contribution in [0.4, 0.5) is 5.69 Å². The second-order valence-electron chi connectivity index (χ2n) is 4.83. The topological polar surface area (TPSA) is 81.2 Å². The Morgan fingerprint density at radius 3 is 2.95 bits per heavy atom. The molecule has 2 aromatic rings. The van der Waals surface area contributed by atoms with Gasteiger partial charge in [0.05, 0.1) is 11.1 Å². The van der Waals surface area contributed by atoms with Crippen LogP contribution >= 0.6 is 0 Å². The van der Waals surface area contributed by atoms with E-state index in [-0.39, 0.29) is 10.6 Å². The van der Waals surface area contributed by atoms with E-state index in [0.29, 0.717) is 22.8 Å². The predicted octanol–water partition coefficient (Wildman–Crippen LogP) is 3.10. The van der Waals surface area contributed by atoms with E-state index in [0.717, 1.165) is 25.9 Å². The average molecular weight is 289 g/mol. The van der Waals surface area contributed by atoms with Gasteiger partial charge in [-0.15, -0.1) is 0 Å². The largest absolute Gasteiger partial charge is 0.441 e. The van der Waals surface area contributed by atoms with Gasteiger partial charge in [-0.1, -0.05) is 19.1 Å². The van der Waals surface area contributed by atoms with Crippen LogP contribution in [-0.4, -0.2) is 23.0 Å². The fourth-order valence-corrected chi connectivity index (χ4v) is 2.06. The zero-order valence-corrected chi connectivity index (χ0v) is 12.3. The molecule has 0 radical (unpaired) electrons. The molecule has 0 bridgehead atoms. The number of rotatable bonds is 7. The molecular weight excluding hydrogens is 270 g/mol. The minimum Gasteiger partial charge on any atom is -0.441 e. The van der Waals surface area contributed by atoms with Crippen LogP contribution in [0.3, 0.4) is 0 Å². The summed E-state index contributed by atoms with van der Waals surface area (Å²) in [5.41, 5.74) is 1.41. The van der Waals surface area contributed by atoms with Crippen LogP contribution < -0.4 is 5.32 Å². The van der Waals surface area contributed by atoms with Crippen molar-refractivity contribution in [3.05, 3.63) is 46.0 Å². The van der Waals surface area contributed by atoms with Gasteiger partial charge in [0.25, 0.3) is 5.69 Å². The van der Waals surface area contributed by atoms with E-state index in [1.807, 2.05) is 6.07 Å². The maximum atomic E-state index is 11.0. The number of nitro groups is 1. The number of nitro benzene ring substituents is 1. The molecule has 1 aromatic carbocycles. The third-order valence-electron chi connectivity index (χ3n) is 3.24. The Morgan fingerprint density at radius 1 is 1.43 bits per heavy atom. The summed E-state index contributed by atoms with van der Waals surface area (Å²) in [5.74, 6) is 1.22. The Balaban J connectivity index is 2.10. The summed E-state index contributed by atoms with van der Waals surface area (Å²) >= 11 is 0. The summed E-state index contributed by atoms with van der Waals surface area (Å²) in [6, 6.07) is 5.06. The Labute approximate surface area is 123 Å². The number of nitrogens with one attached hydrogen (secondary N) is 1. The molecular formula is C15H19N3O3.